The molecule has 6 nitrogen and oxygen atoms in total. The first kappa shape index (κ1) is 21.3. The highest BCUT2D eigenvalue weighted by Crippen LogP contribution is 2.28. The van der Waals surface area contributed by atoms with Gasteiger partial charge < -0.3 is 19.3 Å². The Hall–Kier alpha value is -2.44. The lowest BCUT2D eigenvalue weighted by Gasteiger charge is -2.37. The number of hydrogen-bond acceptors (Lipinski definition) is 5. The molecule has 7 heteroatoms. The first-order chi connectivity index (χ1) is 14.0. The molecule has 2 aromatic rings. The lowest BCUT2D eigenvalue weighted by molar-refractivity contribution is -0.132. The Morgan fingerprint density at radius 2 is 1.72 bits per heavy atom. The van der Waals surface area contributed by atoms with Crippen LogP contribution < -0.4 is 14.4 Å². The molecule has 1 aliphatic heterocycles. The van der Waals surface area contributed by atoms with E-state index in [0.29, 0.717) is 37.7 Å². The van der Waals surface area contributed by atoms with Gasteiger partial charge in [-0.2, -0.15) is 0 Å². The van der Waals surface area contributed by atoms with Crippen LogP contribution in [-0.4, -0.2) is 69.7 Å². The summed E-state index contributed by atoms with van der Waals surface area (Å²) >= 11 is 6.30. The van der Waals surface area contributed by atoms with Gasteiger partial charge in [0.1, 0.15) is 0 Å². The van der Waals surface area contributed by atoms with Crippen LogP contribution in [0.3, 0.4) is 0 Å². The van der Waals surface area contributed by atoms with Crippen LogP contribution in [0.4, 0.5) is 5.69 Å². The molecule has 29 heavy (non-hydrogen) atoms. The van der Waals surface area contributed by atoms with Gasteiger partial charge in [0.2, 0.25) is 5.91 Å². The van der Waals surface area contributed by atoms with E-state index in [2.05, 4.69) is 4.90 Å². The molecule has 1 heterocycles. The highest BCUT2D eigenvalue weighted by Gasteiger charge is 2.23. The predicted octanol–water partition coefficient (Wildman–Crippen LogP) is 3.14. The number of piperazine rings is 1. The van der Waals surface area contributed by atoms with Gasteiger partial charge in [-0.1, -0.05) is 29.8 Å². The molecule has 1 amide bonds. The number of anilines is 1. The second-order valence-corrected chi connectivity index (χ2v) is 7.59. The van der Waals surface area contributed by atoms with Gasteiger partial charge in [0.25, 0.3) is 0 Å². The Labute approximate surface area is 177 Å². The van der Waals surface area contributed by atoms with E-state index in [4.69, 9.17) is 21.1 Å². The zero-order chi connectivity index (χ0) is 20.8. The first-order valence-corrected chi connectivity index (χ1v) is 10.1. The third kappa shape index (κ3) is 5.34. The molecule has 1 fully saturated rings. The van der Waals surface area contributed by atoms with Crippen LogP contribution in [0.2, 0.25) is 5.02 Å². The Morgan fingerprint density at radius 1 is 1.03 bits per heavy atom. The number of ether oxygens (including phenoxy) is 2. The van der Waals surface area contributed by atoms with Crippen LogP contribution in [0, 0.1) is 0 Å². The minimum Gasteiger partial charge on any atom is -0.493 e. The zero-order valence-corrected chi connectivity index (χ0v) is 18.0. The lowest BCUT2D eigenvalue weighted by atomic mass is 10.2. The van der Waals surface area contributed by atoms with Crippen LogP contribution in [0.5, 0.6) is 11.5 Å². The Balaban J connectivity index is 1.51. The second kappa shape index (κ2) is 9.85. The number of hydrogen-bond donors (Lipinski definition) is 0. The number of amides is 1. The summed E-state index contributed by atoms with van der Waals surface area (Å²) < 4.78 is 10.6. The molecular formula is C22H28ClN3O3. The summed E-state index contributed by atoms with van der Waals surface area (Å²) in [5.41, 5.74) is 2.10. The van der Waals surface area contributed by atoms with Gasteiger partial charge in [-0.05, 0) is 36.9 Å². The minimum atomic E-state index is 0.145. The number of carbonyl (C=O) groups excluding carboxylic acids is 1. The summed E-state index contributed by atoms with van der Waals surface area (Å²) in [6.45, 7) is 4.01. The molecule has 1 saturated heterocycles. The van der Waals surface area contributed by atoms with E-state index >= 15 is 0 Å². The minimum absolute atomic E-state index is 0.145. The zero-order valence-electron chi connectivity index (χ0n) is 17.2. The highest BCUT2D eigenvalue weighted by atomic mass is 35.5. The molecule has 0 bridgehead atoms. The van der Waals surface area contributed by atoms with Crippen LogP contribution in [0.1, 0.15) is 5.56 Å². The van der Waals surface area contributed by atoms with E-state index in [0.717, 1.165) is 29.4 Å². The fourth-order valence-corrected chi connectivity index (χ4v) is 3.84. The van der Waals surface area contributed by atoms with E-state index in [9.17, 15) is 4.79 Å². The number of benzene rings is 2. The topological polar surface area (TPSA) is 45.2 Å². The number of nitrogens with zero attached hydrogens (tertiary/aromatic N) is 3. The van der Waals surface area contributed by atoms with Crippen molar-refractivity contribution < 1.29 is 14.3 Å². The summed E-state index contributed by atoms with van der Waals surface area (Å²) in [4.78, 5) is 18.9. The van der Waals surface area contributed by atoms with Crippen molar-refractivity contribution in [2.75, 3.05) is 58.9 Å². The van der Waals surface area contributed by atoms with Gasteiger partial charge in [0.05, 0.1) is 31.5 Å². The smallest absolute Gasteiger partial charge is 0.236 e. The van der Waals surface area contributed by atoms with Gasteiger partial charge in [0.15, 0.2) is 11.5 Å². The molecule has 156 valence electrons. The second-order valence-electron chi connectivity index (χ2n) is 7.18. The molecule has 0 radical (unpaired) electrons. The van der Waals surface area contributed by atoms with Gasteiger partial charge in [0, 0.05) is 32.7 Å². The third-order valence-corrected chi connectivity index (χ3v) is 5.45. The van der Waals surface area contributed by atoms with Crippen LogP contribution in [-0.2, 0) is 11.3 Å². The molecular weight excluding hydrogens is 390 g/mol. The molecule has 0 spiro atoms. The fraction of sp³-hybridized carbons (Fsp3) is 0.409. The van der Waals surface area contributed by atoms with Crippen LogP contribution in [0.25, 0.3) is 0 Å². The van der Waals surface area contributed by atoms with Gasteiger partial charge in [-0.25, -0.2) is 0 Å². The number of likely N-dealkylation sites (N-methyl/N-ethyl adjacent to an activating group) is 1. The maximum atomic E-state index is 12.7. The van der Waals surface area contributed by atoms with Gasteiger partial charge in [-0.15, -0.1) is 0 Å². The maximum absolute atomic E-state index is 12.7. The molecule has 3 rings (SSSR count). The first-order valence-electron chi connectivity index (χ1n) is 9.68. The Bertz CT molecular complexity index is 838. The number of carbonyl (C=O) groups is 1. The summed E-state index contributed by atoms with van der Waals surface area (Å²) in [6.07, 6.45) is 0. The molecule has 0 saturated carbocycles. The molecule has 0 N–H and O–H groups in total. The number of rotatable bonds is 7. The van der Waals surface area contributed by atoms with Crippen molar-refractivity contribution >= 4 is 23.2 Å². The average Bonchev–Trinajstić information content (AvgIpc) is 2.74. The molecule has 0 aromatic heterocycles. The third-order valence-electron chi connectivity index (χ3n) is 5.13. The van der Waals surface area contributed by atoms with E-state index < -0.39 is 0 Å². The fourth-order valence-electron chi connectivity index (χ4n) is 3.58. The standard InChI is InChI=1S/C22H28ClN3O3/c1-24(15-17-8-9-20(28-2)21(14-17)29-3)16-22(27)26-12-10-25(11-13-26)19-7-5-4-6-18(19)23/h4-9,14H,10-13,15-16H2,1-3H3. The van der Waals surface area contributed by atoms with Crippen molar-refractivity contribution in [2.24, 2.45) is 0 Å². The number of halogens is 1. The SMILES string of the molecule is COc1ccc(CN(C)CC(=O)N2CCN(c3ccccc3Cl)CC2)cc1OC. The summed E-state index contributed by atoms with van der Waals surface area (Å²) in [7, 11) is 5.19. The van der Waals surface area contributed by atoms with Gasteiger partial charge in [-0.3, -0.25) is 9.69 Å². The quantitative estimate of drug-likeness (QED) is 0.692. The molecule has 0 aliphatic carbocycles. The molecule has 0 atom stereocenters. The Kier molecular flexibility index (Phi) is 7.23. The van der Waals surface area contributed by atoms with Crippen molar-refractivity contribution in [1.29, 1.82) is 0 Å². The Morgan fingerprint density at radius 3 is 2.38 bits per heavy atom. The molecule has 0 unspecified atom stereocenters. The monoisotopic (exact) mass is 417 g/mol. The van der Waals surface area contributed by atoms with Crippen molar-refractivity contribution in [3.63, 3.8) is 0 Å². The van der Waals surface area contributed by atoms with E-state index in [1.165, 1.54) is 0 Å². The molecule has 2 aromatic carbocycles. The molecule has 1 aliphatic rings. The summed E-state index contributed by atoms with van der Waals surface area (Å²) in [5, 5.41) is 0.752. The average molecular weight is 418 g/mol. The largest absolute Gasteiger partial charge is 0.493 e. The number of para-hydroxylation sites is 1. The van der Waals surface area contributed by atoms with E-state index in [1.807, 2.05) is 59.3 Å². The van der Waals surface area contributed by atoms with Crippen molar-refractivity contribution in [1.82, 2.24) is 9.80 Å². The normalized spacial score (nSPS) is 14.2. The number of methoxy groups -OCH3 is 2. The summed E-state index contributed by atoms with van der Waals surface area (Å²) in [5.74, 6) is 1.54. The highest BCUT2D eigenvalue weighted by molar-refractivity contribution is 6.33. The van der Waals surface area contributed by atoms with Crippen molar-refractivity contribution in [2.45, 2.75) is 6.54 Å². The van der Waals surface area contributed by atoms with E-state index in [1.54, 1.807) is 14.2 Å². The maximum Gasteiger partial charge on any atom is 0.236 e. The van der Waals surface area contributed by atoms with Crippen molar-refractivity contribution in [3.8, 4) is 11.5 Å². The van der Waals surface area contributed by atoms with Gasteiger partial charge >= 0.3 is 0 Å². The lowest BCUT2D eigenvalue weighted by Crippen LogP contribution is -2.51. The predicted molar refractivity (Wildman–Crippen MR) is 116 cm³/mol. The summed E-state index contributed by atoms with van der Waals surface area (Å²) in [6, 6.07) is 13.7. The van der Waals surface area contributed by atoms with Crippen LogP contribution >= 0.6 is 11.6 Å². The van der Waals surface area contributed by atoms with E-state index in [-0.39, 0.29) is 5.91 Å². The van der Waals surface area contributed by atoms with Crippen LogP contribution in [0.15, 0.2) is 42.5 Å². The van der Waals surface area contributed by atoms with Crippen molar-refractivity contribution in [3.05, 3.63) is 53.1 Å².